The quantitative estimate of drug-likeness (QED) is 0.693. The van der Waals surface area contributed by atoms with Gasteiger partial charge in [-0.3, -0.25) is 4.79 Å². The number of benzene rings is 2. The van der Waals surface area contributed by atoms with Gasteiger partial charge in [0, 0.05) is 24.1 Å². The third kappa shape index (κ3) is 3.42. The van der Waals surface area contributed by atoms with Gasteiger partial charge in [0.2, 0.25) is 5.88 Å². The fourth-order valence-electron chi connectivity index (χ4n) is 3.74. The number of aliphatic hydroxyl groups is 1. The van der Waals surface area contributed by atoms with Crippen LogP contribution >= 0.6 is 0 Å². The molecule has 0 unspecified atom stereocenters. The summed E-state index contributed by atoms with van der Waals surface area (Å²) in [5.74, 6) is 0.670. The van der Waals surface area contributed by atoms with Crippen molar-refractivity contribution in [2.45, 2.75) is 37.6 Å². The molecule has 2 N–H and O–H groups in total. The van der Waals surface area contributed by atoms with Crippen LogP contribution in [0.2, 0.25) is 0 Å². The Balaban J connectivity index is 1.86. The number of hydrogen-bond acceptors (Lipinski definition) is 6. The molecule has 2 atom stereocenters. The van der Waals surface area contributed by atoms with E-state index in [0.717, 1.165) is 5.56 Å². The van der Waals surface area contributed by atoms with Crippen LogP contribution in [0.1, 0.15) is 36.6 Å². The van der Waals surface area contributed by atoms with Crippen LogP contribution < -0.4 is 15.0 Å². The molecule has 0 spiro atoms. The minimum absolute atomic E-state index is 0.150. The Bertz CT molecular complexity index is 1150. The standard InChI is InChI=1S/C23H21N3O4/c1-22(2)23(28,13-15-6-4-3-5-7-15)21(29-20-11-10-19(27)25-26-20)17-12-16(14-24)8-9-18(17)30-22/h3-12,21,28H,13H2,1-2H3,(H,25,27)/t21-,23+/m1/s1. The van der Waals surface area contributed by atoms with Gasteiger partial charge in [-0.1, -0.05) is 30.3 Å². The Kier molecular flexibility index (Phi) is 4.80. The molecule has 2 aromatic carbocycles. The van der Waals surface area contributed by atoms with E-state index in [1.165, 1.54) is 12.1 Å². The molecule has 30 heavy (non-hydrogen) atoms. The Morgan fingerprint density at radius 1 is 1.20 bits per heavy atom. The zero-order chi connectivity index (χ0) is 21.4. The highest BCUT2D eigenvalue weighted by atomic mass is 16.6. The first-order chi connectivity index (χ1) is 14.3. The molecule has 0 radical (unpaired) electrons. The van der Waals surface area contributed by atoms with Gasteiger partial charge in [-0.25, -0.2) is 5.10 Å². The summed E-state index contributed by atoms with van der Waals surface area (Å²) in [5, 5.41) is 27.6. The SMILES string of the molecule is CC1(C)Oc2ccc(C#N)cc2[C@@H](Oc2ccc(=O)[nH]n2)[C@@]1(O)Cc1ccccc1. The maximum Gasteiger partial charge on any atom is 0.264 e. The molecule has 4 rings (SSSR count). The van der Waals surface area contributed by atoms with Gasteiger partial charge in [-0.15, -0.1) is 5.10 Å². The van der Waals surface area contributed by atoms with Crippen LogP contribution in [0.4, 0.5) is 0 Å². The van der Waals surface area contributed by atoms with E-state index in [-0.39, 0.29) is 17.9 Å². The first kappa shape index (κ1) is 19.7. The lowest BCUT2D eigenvalue weighted by Gasteiger charge is -2.50. The van der Waals surface area contributed by atoms with Crippen molar-refractivity contribution in [2.75, 3.05) is 0 Å². The summed E-state index contributed by atoms with van der Waals surface area (Å²) in [6, 6.07) is 19.4. The Morgan fingerprint density at radius 2 is 1.97 bits per heavy atom. The van der Waals surface area contributed by atoms with Crippen molar-refractivity contribution in [1.29, 1.82) is 5.26 Å². The minimum Gasteiger partial charge on any atom is -0.484 e. The average molecular weight is 403 g/mol. The molecular weight excluding hydrogens is 382 g/mol. The van der Waals surface area contributed by atoms with Crippen LogP contribution in [-0.4, -0.2) is 26.5 Å². The number of aromatic amines is 1. The normalized spacial score (nSPS) is 21.7. The first-order valence-corrected chi connectivity index (χ1v) is 9.54. The van der Waals surface area contributed by atoms with Crippen LogP contribution in [-0.2, 0) is 6.42 Å². The summed E-state index contributed by atoms with van der Waals surface area (Å²) in [6.07, 6.45) is -0.659. The van der Waals surface area contributed by atoms with Crippen LogP contribution in [0.5, 0.6) is 11.6 Å². The van der Waals surface area contributed by atoms with Crippen molar-refractivity contribution in [1.82, 2.24) is 10.2 Å². The second kappa shape index (κ2) is 7.32. The molecule has 1 aliphatic rings. The van der Waals surface area contributed by atoms with Gasteiger partial charge in [0.25, 0.3) is 5.56 Å². The molecule has 152 valence electrons. The van der Waals surface area contributed by atoms with E-state index in [2.05, 4.69) is 16.3 Å². The van der Waals surface area contributed by atoms with E-state index in [4.69, 9.17) is 9.47 Å². The molecule has 1 aromatic heterocycles. The topological polar surface area (TPSA) is 108 Å². The van der Waals surface area contributed by atoms with Gasteiger partial charge < -0.3 is 14.6 Å². The van der Waals surface area contributed by atoms with E-state index in [1.54, 1.807) is 32.0 Å². The summed E-state index contributed by atoms with van der Waals surface area (Å²) >= 11 is 0. The number of nitrogens with one attached hydrogen (secondary N) is 1. The lowest BCUT2D eigenvalue weighted by Crippen LogP contribution is -2.62. The van der Waals surface area contributed by atoms with Crippen molar-refractivity contribution >= 4 is 0 Å². The number of aromatic nitrogens is 2. The monoisotopic (exact) mass is 403 g/mol. The summed E-state index contributed by atoms with van der Waals surface area (Å²) < 4.78 is 12.3. The molecule has 3 aromatic rings. The van der Waals surface area contributed by atoms with Gasteiger partial charge in [-0.2, -0.15) is 5.26 Å². The number of ether oxygens (including phenoxy) is 2. The second-order valence-electron chi connectivity index (χ2n) is 7.82. The maximum atomic E-state index is 12.0. The van der Waals surface area contributed by atoms with Crippen molar-refractivity contribution < 1.29 is 14.6 Å². The minimum atomic E-state index is -1.51. The number of nitriles is 1. The Morgan fingerprint density at radius 3 is 2.63 bits per heavy atom. The van der Waals surface area contributed by atoms with Gasteiger partial charge >= 0.3 is 0 Å². The molecule has 0 bridgehead atoms. The fraction of sp³-hybridized carbons (Fsp3) is 0.261. The highest BCUT2D eigenvalue weighted by Crippen LogP contribution is 2.49. The summed E-state index contributed by atoms with van der Waals surface area (Å²) in [7, 11) is 0. The van der Waals surface area contributed by atoms with Gasteiger partial charge in [0.15, 0.2) is 6.10 Å². The second-order valence-corrected chi connectivity index (χ2v) is 7.82. The third-order valence-corrected chi connectivity index (χ3v) is 5.47. The number of fused-ring (bicyclic) bond motifs is 1. The van der Waals surface area contributed by atoms with Gasteiger partial charge in [-0.05, 0) is 37.6 Å². The van der Waals surface area contributed by atoms with E-state index in [9.17, 15) is 15.2 Å². The van der Waals surface area contributed by atoms with E-state index < -0.39 is 17.3 Å². The molecule has 0 saturated carbocycles. The van der Waals surface area contributed by atoms with Gasteiger partial charge in [0.05, 0.1) is 11.6 Å². The lowest BCUT2D eigenvalue weighted by atomic mass is 9.72. The van der Waals surface area contributed by atoms with Crippen molar-refractivity contribution in [3.8, 4) is 17.7 Å². The van der Waals surface area contributed by atoms with Crippen LogP contribution in [0.25, 0.3) is 0 Å². The van der Waals surface area contributed by atoms with Crippen LogP contribution in [0.15, 0.2) is 65.5 Å². The third-order valence-electron chi connectivity index (χ3n) is 5.47. The van der Waals surface area contributed by atoms with E-state index in [0.29, 0.717) is 16.9 Å². The van der Waals surface area contributed by atoms with Crippen molar-refractivity contribution in [3.05, 3.63) is 87.7 Å². The molecule has 2 heterocycles. The first-order valence-electron chi connectivity index (χ1n) is 9.54. The summed E-state index contributed by atoms with van der Waals surface area (Å²) in [4.78, 5) is 11.4. The fourth-order valence-corrected chi connectivity index (χ4v) is 3.74. The smallest absolute Gasteiger partial charge is 0.264 e. The number of hydrogen-bond donors (Lipinski definition) is 2. The lowest BCUT2D eigenvalue weighted by molar-refractivity contribution is -0.185. The van der Waals surface area contributed by atoms with Crippen LogP contribution in [0, 0.1) is 11.3 Å². The maximum absolute atomic E-state index is 12.0. The number of rotatable bonds is 4. The summed E-state index contributed by atoms with van der Waals surface area (Å²) in [6.45, 7) is 3.60. The molecule has 0 amide bonds. The molecule has 0 saturated heterocycles. The molecular formula is C23H21N3O4. The summed E-state index contributed by atoms with van der Waals surface area (Å²) in [5.41, 5.74) is -1.03. The number of H-pyrrole nitrogens is 1. The number of nitrogens with zero attached hydrogens (tertiary/aromatic N) is 2. The van der Waals surface area contributed by atoms with Crippen LogP contribution in [0.3, 0.4) is 0 Å². The van der Waals surface area contributed by atoms with E-state index in [1.807, 2.05) is 30.3 Å². The predicted molar refractivity (Wildman–Crippen MR) is 109 cm³/mol. The molecule has 7 nitrogen and oxygen atoms in total. The highest BCUT2D eigenvalue weighted by molar-refractivity contribution is 5.48. The van der Waals surface area contributed by atoms with Gasteiger partial charge in [0.1, 0.15) is 17.0 Å². The zero-order valence-electron chi connectivity index (χ0n) is 16.6. The molecule has 1 aliphatic heterocycles. The predicted octanol–water partition coefficient (Wildman–Crippen LogP) is 2.91. The molecule has 7 heteroatoms. The Labute approximate surface area is 173 Å². The average Bonchev–Trinajstić information content (AvgIpc) is 2.73. The Hall–Kier alpha value is -3.63. The largest absolute Gasteiger partial charge is 0.484 e. The van der Waals surface area contributed by atoms with E-state index >= 15 is 0 Å². The molecule has 0 fully saturated rings. The highest BCUT2D eigenvalue weighted by Gasteiger charge is 2.57. The molecule has 0 aliphatic carbocycles. The van der Waals surface area contributed by atoms with Crippen molar-refractivity contribution in [3.63, 3.8) is 0 Å². The van der Waals surface area contributed by atoms with Crippen molar-refractivity contribution in [2.24, 2.45) is 0 Å². The zero-order valence-corrected chi connectivity index (χ0v) is 16.6.